The van der Waals surface area contributed by atoms with E-state index in [1.807, 2.05) is 17.0 Å². The lowest BCUT2D eigenvalue weighted by Crippen LogP contribution is -2.38. The summed E-state index contributed by atoms with van der Waals surface area (Å²) in [5, 5.41) is 0.606. The van der Waals surface area contributed by atoms with E-state index in [0.29, 0.717) is 28.1 Å². The maximum absolute atomic E-state index is 12.7. The molecule has 0 radical (unpaired) electrons. The fourth-order valence-corrected chi connectivity index (χ4v) is 3.13. The van der Waals surface area contributed by atoms with Crippen LogP contribution < -0.4 is 4.74 Å². The van der Waals surface area contributed by atoms with Crippen LogP contribution in [0.1, 0.15) is 30.3 Å². The monoisotopic (exact) mass is 344 g/mol. The molecule has 0 N–H and O–H groups in total. The number of hydrogen-bond acceptors (Lipinski definition) is 3. The number of carbonyl (C=O) groups is 1. The molecule has 0 spiro atoms. The molecular weight excluding hydrogens is 324 g/mol. The van der Waals surface area contributed by atoms with Crippen LogP contribution >= 0.6 is 11.6 Å². The van der Waals surface area contributed by atoms with Gasteiger partial charge >= 0.3 is 0 Å². The van der Waals surface area contributed by atoms with Gasteiger partial charge in [0.05, 0.1) is 12.8 Å². The maximum Gasteiger partial charge on any atom is 0.272 e. The summed E-state index contributed by atoms with van der Waals surface area (Å²) in [5.41, 5.74) is 1.93. The molecule has 0 bridgehead atoms. The first kappa shape index (κ1) is 16.8. The van der Waals surface area contributed by atoms with E-state index in [4.69, 9.17) is 16.3 Å². The van der Waals surface area contributed by atoms with Gasteiger partial charge in [-0.05, 0) is 49.1 Å². The second kappa shape index (κ2) is 7.22. The lowest BCUT2D eigenvalue weighted by molar-refractivity contribution is 0.0691. The zero-order valence-corrected chi connectivity index (χ0v) is 14.7. The number of nitrogens with zero attached hydrogens (tertiary/aromatic N) is 2. The van der Waals surface area contributed by atoms with Gasteiger partial charge in [-0.1, -0.05) is 24.6 Å². The topological polar surface area (TPSA) is 42.4 Å². The minimum atomic E-state index is -0.00950. The van der Waals surface area contributed by atoms with E-state index < -0.39 is 0 Å². The first-order chi connectivity index (χ1) is 11.6. The van der Waals surface area contributed by atoms with Crippen molar-refractivity contribution in [3.63, 3.8) is 0 Å². The summed E-state index contributed by atoms with van der Waals surface area (Å²) in [5.74, 6) is 1.36. The van der Waals surface area contributed by atoms with Crippen LogP contribution in [0.4, 0.5) is 0 Å². The van der Waals surface area contributed by atoms with Crippen LogP contribution in [0.25, 0.3) is 11.3 Å². The standard InChI is InChI=1S/C19H21ClN2O2/c1-13-8-10-22(11-9-13)19(23)17-5-3-4-16(21-17)15-12-14(20)6-7-18(15)24-2/h3-7,12-13H,8-11H2,1-2H3. The molecule has 1 aliphatic rings. The van der Waals surface area contributed by atoms with Crippen LogP contribution in [-0.4, -0.2) is 36.0 Å². The molecule has 0 saturated carbocycles. The van der Waals surface area contributed by atoms with E-state index in [1.165, 1.54) is 0 Å². The fourth-order valence-electron chi connectivity index (χ4n) is 2.96. The normalized spacial score (nSPS) is 15.4. The van der Waals surface area contributed by atoms with Crippen molar-refractivity contribution in [2.24, 2.45) is 5.92 Å². The summed E-state index contributed by atoms with van der Waals surface area (Å²) in [7, 11) is 1.61. The number of amides is 1. The van der Waals surface area contributed by atoms with E-state index in [-0.39, 0.29) is 5.91 Å². The molecule has 1 aliphatic heterocycles. The summed E-state index contributed by atoms with van der Waals surface area (Å²) in [6.07, 6.45) is 2.10. The van der Waals surface area contributed by atoms with E-state index in [1.54, 1.807) is 31.4 Å². The molecule has 3 rings (SSSR count). The van der Waals surface area contributed by atoms with Crippen molar-refractivity contribution in [1.29, 1.82) is 0 Å². The zero-order chi connectivity index (χ0) is 17.1. The van der Waals surface area contributed by atoms with Crippen molar-refractivity contribution in [3.8, 4) is 17.0 Å². The lowest BCUT2D eigenvalue weighted by atomic mass is 9.99. The molecule has 24 heavy (non-hydrogen) atoms. The molecule has 1 fully saturated rings. The third-order valence-corrected chi connectivity index (χ3v) is 4.71. The highest BCUT2D eigenvalue weighted by molar-refractivity contribution is 6.31. The number of likely N-dealkylation sites (tertiary alicyclic amines) is 1. The second-order valence-corrected chi connectivity index (χ2v) is 6.66. The first-order valence-corrected chi connectivity index (χ1v) is 8.56. The Morgan fingerprint density at radius 2 is 2.00 bits per heavy atom. The first-order valence-electron chi connectivity index (χ1n) is 8.18. The van der Waals surface area contributed by atoms with Crippen LogP contribution in [0.3, 0.4) is 0 Å². The van der Waals surface area contributed by atoms with E-state index in [9.17, 15) is 4.79 Å². The number of ether oxygens (including phenoxy) is 1. The molecule has 1 aromatic carbocycles. The Balaban J connectivity index is 1.89. The third kappa shape index (κ3) is 3.54. The number of piperidine rings is 1. The Morgan fingerprint density at radius 1 is 1.25 bits per heavy atom. The zero-order valence-electron chi connectivity index (χ0n) is 14.0. The predicted molar refractivity (Wildman–Crippen MR) is 95.5 cm³/mol. The van der Waals surface area contributed by atoms with Gasteiger partial charge in [0.2, 0.25) is 0 Å². The average molecular weight is 345 g/mol. The van der Waals surface area contributed by atoms with Crippen molar-refractivity contribution in [1.82, 2.24) is 9.88 Å². The molecular formula is C19H21ClN2O2. The fraction of sp³-hybridized carbons (Fsp3) is 0.368. The van der Waals surface area contributed by atoms with Gasteiger partial charge in [-0.15, -0.1) is 0 Å². The Labute approximate surface area is 147 Å². The predicted octanol–water partition coefficient (Wildman–Crippen LogP) is 4.28. The molecule has 4 nitrogen and oxygen atoms in total. The van der Waals surface area contributed by atoms with E-state index in [2.05, 4.69) is 11.9 Å². The molecule has 2 heterocycles. The summed E-state index contributed by atoms with van der Waals surface area (Å²) in [4.78, 5) is 19.2. The summed E-state index contributed by atoms with van der Waals surface area (Å²) in [6, 6.07) is 10.9. The smallest absolute Gasteiger partial charge is 0.272 e. The molecule has 2 aromatic rings. The Hall–Kier alpha value is -2.07. The summed E-state index contributed by atoms with van der Waals surface area (Å²) >= 11 is 6.10. The van der Waals surface area contributed by atoms with Crippen LogP contribution in [0.5, 0.6) is 5.75 Å². The molecule has 1 amide bonds. The SMILES string of the molecule is COc1ccc(Cl)cc1-c1cccc(C(=O)N2CCC(C)CC2)n1. The van der Waals surface area contributed by atoms with Crippen molar-refractivity contribution in [3.05, 3.63) is 47.1 Å². The highest BCUT2D eigenvalue weighted by Gasteiger charge is 2.22. The highest BCUT2D eigenvalue weighted by atomic mass is 35.5. The Bertz CT molecular complexity index is 740. The van der Waals surface area contributed by atoms with Crippen molar-refractivity contribution in [2.75, 3.05) is 20.2 Å². The maximum atomic E-state index is 12.7. The van der Waals surface area contributed by atoms with Gasteiger partial charge in [0, 0.05) is 23.7 Å². The highest BCUT2D eigenvalue weighted by Crippen LogP contribution is 2.31. The van der Waals surface area contributed by atoms with Gasteiger partial charge in [0.15, 0.2) is 0 Å². The van der Waals surface area contributed by atoms with Crippen molar-refractivity contribution < 1.29 is 9.53 Å². The van der Waals surface area contributed by atoms with Crippen LogP contribution in [0, 0.1) is 5.92 Å². The van der Waals surface area contributed by atoms with Gasteiger partial charge < -0.3 is 9.64 Å². The third-order valence-electron chi connectivity index (χ3n) is 4.48. The molecule has 0 aliphatic carbocycles. The molecule has 0 atom stereocenters. The quantitative estimate of drug-likeness (QED) is 0.834. The minimum Gasteiger partial charge on any atom is -0.496 e. The molecule has 1 saturated heterocycles. The van der Waals surface area contributed by atoms with Gasteiger partial charge in [-0.25, -0.2) is 4.98 Å². The lowest BCUT2D eigenvalue weighted by Gasteiger charge is -2.30. The molecule has 1 aromatic heterocycles. The van der Waals surface area contributed by atoms with Crippen LogP contribution in [-0.2, 0) is 0 Å². The summed E-state index contributed by atoms with van der Waals surface area (Å²) in [6.45, 7) is 3.82. The number of rotatable bonds is 3. The number of hydrogen-bond donors (Lipinski definition) is 0. The molecule has 5 heteroatoms. The van der Waals surface area contributed by atoms with Crippen LogP contribution in [0.15, 0.2) is 36.4 Å². The number of benzene rings is 1. The molecule has 126 valence electrons. The van der Waals surface area contributed by atoms with E-state index in [0.717, 1.165) is 31.5 Å². The Kier molecular flexibility index (Phi) is 5.05. The number of methoxy groups -OCH3 is 1. The minimum absolute atomic E-state index is 0.00950. The largest absolute Gasteiger partial charge is 0.496 e. The number of pyridine rings is 1. The second-order valence-electron chi connectivity index (χ2n) is 6.23. The number of aromatic nitrogens is 1. The van der Waals surface area contributed by atoms with Crippen molar-refractivity contribution >= 4 is 17.5 Å². The van der Waals surface area contributed by atoms with Gasteiger partial charge in [-0.3, -0.25) is 4.79 Å². The summed E-state index contributed by atoms with van der Waals surface area (Å²) < 4.78 is 5.39. The number of halogens is 1. The van der Waals surface area contributed by atoms with Crippen molar-refractivity contribution in [2.45, 2.75) is 19.8 Å². The average Bonchev–Trinajstić information content (AvgIpc) is 2.62. The Morgan fingerprint density at radius 3 is 2.71 bits per heavy atom. The van der Waals surface area contributed by atoms with Crippen LogP contribution in [0.2, 0.25) is 5.02 Å². The van der Waals surface area contributed by atoms with Gasteiger partial charge in [0.1, 0.15) is 11.4 Å². The molecule has 0 unspecified atom stereocenters. The van der Waals surface area contributed by atoms with E-state index >= 15 is 0 Å². The number of carbonyl (C=O) groups excluding carboxylic acids is 1. The van der Waals surface area contributed by atoms with Gasteiger partial charge in [-0.2, -0.15) is 0 Å². The van der Waals surface area contributed by atoms with Gasteiger partial charge in [0.25, 0.3) is 5.91 Å².